The Kier molecular flexibility index (Phi) is 4.20. The van der Waals surface area contributed by atoms with Gasteiger partial charge in [-0.2, -0.15) is 0 Å². The van der Waals surface area contributed by atoms with E-state index in [0.717, 1.165) is 51.5 Å². The highest BCUT2D eigenvalue weighted by molar-refractivity contribution is 5.81. The van der Waals surface area contributed by atoms with Crippen LogP contribution in [0.25, 0.3) is 0 Å². The van der Waals surface area contributed by atoms with Gasteiger partial charge in [-0.25, -0.2) is 0 Å². The lowest BCUT2D eigenvalue weighted by molar-refractivity contribution is -0.157. The lowest BCUT2D eigenvalue weighted by atomic mass is 9.75. The van der Waals surface area contributed by atoms with E-state index in [1.807, 2.05) is 4.90 Å². The summed E-state index contributed by atoms with van der Waals surface area (Å²) in [6.45, 7) is 2.43. The van der Waals surface area contributed by atoms with Crippen molar-refractivity contribution in [1.29, 1.82) is 0 Å². The van der Waals surface area contributed by atoms with E-state index < -0.39 is 11.4 Å². The third kappa shape index (κ3) is 3.23. The van der Waals surface area contributed by atoms with Crippen molar-refractivity contribution in [3.05, 3.63) is 0 Å². The van der Waals surface area contributed by atoms with E-state index in [1.165, 1.54) is 0 Å². The Labute approximate surface area is 125 Å². The highest BCUT2D eigenvalue weighted by atomic mass is 16.5. The lowest BCUT2D eigenvalue weighted by Gasteiger charge is -2.41. The number of carbonyl (C=O) groups excluding carboxylic acids is 1. The summed E-state index contributed by atoms with van der Waals surface area (Å²) in [5, 5.41) is 9.72. The van der Waals surface area contributed by atoms with Gasteiger partial charge in [-0.3, -0.25) is 9.59 Å². The van der Waals surface area contributed by atoms with Crippen LogP contribution in [0.4, 0.5) is 0 Å². The van der Waals surface area contributed by atoms with Gasteiger partial charge in [-0.15, -0.1) is 0 Å². The highest BCUT2D eigenvalue weighted by Gasteiger charge is 2.47. The van der Waals surface area contributed by atoms with Gasteiger partial charge in [0.05, 0.1) is 5.41 Å². The number of hydrogen-bond donors (Lipinski definition) is 1. The van der Waals surface area contributed by atoms with Gasteiger partial charge in [0.25, 0.3) is 0 Å². The first-order valence-corrected chi connectivity index (χ1v) is 8.21. The van der Waals surface area contributed by atoms with Crippen molar-refractivity contribution in [1.82, 2.24) is 4.90 Å². The number of rotatable bonds is 4. The molecule has 0 bridgehead atoms. The Balaban J connectivity index is 1.68. The zero-order valence-corrected chi connectivity index (χ0v) is 12.6. The maximum Gasteiger partial charge on any atom is 0.311 e. The molecule has 0 unspecified atom stereocenters. The van der Waals surface area contributed by atoms with Gasteiger partial charge in [0, 0.05) is 32.2 Å². The van der Waals surface area contributed by atoms with Crippen LogP contribution in [0.5, 0.6) is 0 Å². The highest BCUT2D eigenvalue weighted by Crippen LogP contribution is 2.45. The fourth-order valence-corrected chi connectivity index (χ4v) is 3.83. The molecule has 21 heavy (non-hydrogen) atoms. The molecule has 2 aliphatic heterocycles. The van der Waals surface area contributed by atoms with Crippen molar-refractivity contribution in [3.8, 4) is 0 Å². The van der Waals surface area contributed by atoms with E-state index in [-0.39, 0.29) is 11.8 Å². The van der Waals surface area contributed by atoms with E-state index >= 15 is 0 Å². The van der Waals surface area contributed by atoms with Gasteiger partial charge < -0.3 is 14.7 Å². The Morgan fingerprint density at radius 1 is 1.19 bits per heavy atom. The molecular formula is C16H25NO4. The first kappa shape index (κ1) is 14.8. The second kappa shape index (κ2) is 5.95. The largest absolute Gasteiger partial charge is 0.481 e. The van der Waals surface area contributed by atoms with Crippen LogP contribution >= 0.6 is 0 Å². The molecule has 0 aromatic heterocycles. The number of carbonyl (C=O) groups is 2. The number of carboxylic acid groups (broad SMARTS) is 1. The summed E-state index contributed by atoms with van der Waals surface area (Å²) in [5.41, 5.74) is -0.694. The van der Waals surface area contributed by atoms with Crippen LogP contribution in [-0.2, 0) is 14.3 Å². The molecule has 0 radical (unpaired) electrons. The number of hydrogen-bond acceptors (Lipinski definition) is 3. The second-order valence-electron chi connectivity index (χ2n) is 6.98. The average molecular weight is 295 g/mol. The number of ether oxygens (including phenoxy) is 1. The quantitative estimate of drug-likeness (QED) is 0.860. The summed E-state index contributed by atoms with van der Waals surface area (Å²) in [4.78, 5) is 26.3. The minimum absolute atomic E-state index is 0.0317. The molecule has 5 nitrogen and oxygen atoms in total. The van der Waals surface area contributed by atoms with Crippen molar-refractivity contribution in [2.75, 3.05) is 26.3 Å². The van der Waals surface area contributed by atoms with E-state index in [2.05, 4.69) is 0 Å². The molecule has 1 amide bonds. The number of amides is 1. The van der Waals surface area contributed by atoms with Crippen molar-refractivity contribution in [2.45, 2.75) is 44.9 Å². The van der Waals surface area contributed by atoms with Crippen LogP contribution in [0, 0.1) is 17.3 Å². The van der Waals surface area contributed by atoms with Crippen molar-refractivity contribution >= 4 is 11.9 Å². The first-order valence-electron chi connectivity index (χ1n) is 8.21. The minimum Gasteiger partial charge on any atom is -0.481 e. The molecule has 0 spiro atoms. The number of carboxylic acids is 1. The standard InChI is InChI=1S/C16H25NO4/c18-14(13-4-8-21-9-5-13)17-7-1-6-16(11-17,15(19)20)10-12-2-3-12/h12-13H,1-11H2,(H,19,20)/t16-/m0/s1. The molecule has 5 heteroatoms. The number of nitrogens with zero attached hydrogens (tertiary/aromatic N) is 1. The Morgan fingerprint density at radius 2 is 1.90 bits per heavy atom. The maximum atomic E-state index is 12.6. The second-order valence-corrected chi connectivity index (χ2v) is 6.98. The molecule has 1 N–H and O–H groups in total. The van der Waals surface area contributed by atoms with Crippen LogP contribution in [-0.4, -0.2) is 48.2 Å². The smallest absolute Gasteiger partial charge is 0.311 e. The zero-order valence-electron chi connectivity index (χ0n) is 12.6. The molecule has 1 atom stereocenters. The van der Waals surface area contributed by atoms with Crippen LogP contribution < -0.4 is 0 Å². The molecule has 3 aliphatic rings. The fraction of sp³-hybridized carbons (Fsp3) is 0.875. The molecule has 118 valence electrons. The van der Waals surface area contributed by atoms with Crippen molar-refractivity contribution in [3.63, 3.8) is 0 Å². The van der Waals surface area contributed by atoms with Gasteiger partial charge in [0.1, 0.15) is 0 Å². The third-order valence-electron chi connectivity index (χ3n) is 5.29. The predicted molar refractivity (Wildman–Crippen MR) is 76.8 cm³/mol. The van der Waals surface area contributed by atoms with Crippen LogP contribution in [0.2, 0.25) is 0 Å². The molecule has 1 saturated carbocycles. The maximum absolute atomic E-state index is 12.6. The molecule has 0 aromatic rings. The number of likely N-dealkylation sites (tertiary alicyclic amines) is 1. The van der Waals surface area contributed by atoms with Crippen molar-refractivity contribution in [2.24, 2.45) is 17.3 Å². The van der Waals surface area contributed by atoms with E-state index in [4.69, 9.17) is 4.74 Å². The van der Waals surface area contributed by atoms with Gasteiger partial charge in [0.15, 0.2) is 0 Å². The van der Waals surface area contributed by atoms with Crippen molar-refractivity contribution < 1.29 is 19.4 Å². The summed E-state index contributed by atoms with van der Waals surface area (Å²) in [6.07, 6.45) is 6.15. The summed E-state index contributed by atoms with van der Waals surface area (Å²) in [6, 6.07) is 0. The Morgan fingerprint density at radius 3 is 2.52 bits per heavy atom. The van der Waals surface area contributed by atoms with Gasteiger partial charge >= 0.3 is 5.97 Å². The van der Waals surface area contributed by atoms with Crippen LogP contribution in [0.15, 0.2) is 0 Å². The molecule has 0 aromatic carbocycles. The lowest BCUT2D eigenvalue weighted by Crippen LogP contribution is -2.52. The SMILES string of the molecule is O=C(C1CCOCC1)N1CCC[C@@](CC2CC2)(C(=O)O)C1. The van der Waals surface area contributed by atoms with E-state index in [1.54, 1.807) is 0 Å². The zero-order chi connectivity index (χ0) is 14.9. The Bertz CT molecular complexity index is 415. The fourth-order valence-electron chi connectivity index (χ4n) is 3.83. The number of piperidine rings is 1. The Hall–Kier alpha value is -1.10. The summed E-state index contributed by atoms with van der Waals surface area (Å²) >= 11 is 0. The van der Waals surface area contributed by atoms with E-state index in [0.29, 0.717) is 25.7 Å². The first-order chi connectivity index (χ1) is 10.1. The van der Waals surface area contributed by atoms with Gasteiger partial charge in [-0.05, 0) is 38.0 Å². The third-order valence-corrected chi connectivity index (χ3v) is 5.29. The molecule has 3 fully saturated rings. The molecule has 3 rings (SSSR count). The van der Waals surface area contributed by atoms with Crippen LogP contribution in [0.1, 0.15) is 44.9 Å². The number of aliphatic carboxylic acids is 1. The predicted octanol–water partition coefficient (Wildman–Crippen LogP) is 1.91. The van der Waals surface area contributed by atoms with E-state index in [9.17, 15) is 14.7 Å². The normalized spacial score (nSPS) is 31.1. The summed E-state index contributed by atoms with van der Waals surface area (Å²) in [7, 11) is 0. The monoisotopic (exact) mass is 295 g/mol. The molecule has 2 saturated heterocycles. The van der Waals surface area contributed by atoms with Gasteiger partial charge in [-0.1, -0.05) is 12.8 Å². The minimum atomic E-state index is -0.709. The average Bonchev–Trinajstić information content (AvgIpc) is 3.31. The topological polar surface area (TPSA) is 66.8 Å². The summed E-state index contributed by atoms with van der Waals surface area (Å²) in [5.74, 6) is 0.0433. The molecule has 1 aliphatic carbocycles. The summed E-state index contributed by atoms with van der Waals surface area (Å²) < 4.78 is 5.31. The van der Waals surface area contributed by atoms with Crippen LogP contribution in [0.3, 0.4) is 0 Å². The van der Waals surface area contributed by atoms with Gasteiger partial charge in [0.2, 0.25) is 5.91 Å². The molecular weight excluding hydrogens is 270 g/mol. The molecule has 2 heterocycles.